The summed E-state index contributed by atoms with van der Waals surface area (Å²) in [7, 11) is -4.61. The van der Waals surface area contributed by atoms with Crippen molar-refractivity contribution in [2.24, 2.45) is 0 Å². The molecule has 3 rings (SSSR count). The van der Waals surface area contributed by atoms with Crippen LogP contribution in [0.15, 0.2) is 47.5 Å². The van der Waals surface area contributed by atoms with Gasteiger partial charge in [-0.2, -0.15) is 13.1 Å². The smallest absolute Gasteiger partial charge is 0.316 e. The maximum Gasteiger partial charge on any atom is 0.316 e. The minimum absolute atomic E-state index is 0.0147. The Hall–Kier alpha value is -2.83. The maximum absolute atomic E-state index is 12.7. The average Bonchev–Trinajstić information content (AvgIpc) is 2.77. The lowest BCUT2D eigenvalue weighted by atomic mass is 10.1. The van der Waals surface area contributed by atoms with Crippen molar-refractivity contribution in [2.45, 2.75) is 20.2 Å². The number of ether oxygens (including phenoxy) is 2. The first kappa shape index (κ1) is 18.7. The van der Waals surface area contributed by atoms with E-state index in [0.29, 0.717) is 5.56 Å². The van der Waals surface area contributed by atoms with Crippen LogP contribution in [0.2, 0.25) is 0 Å². The van der Waals surface area contributed by atoms with Crippen LogP contribution in [0.1, 0.15) is 24.3 Å². The molecule has 1 aromatic carbocycles. The molecule has 3 aromatic rings. The molecule has 10 nitrogen and oxygen atoms in total. The van der Waals surface area contributed by atoms with Gasteiger partial charge in [0.05, 0.1) is 5.56 Å². The van der Waals surface area contributed by atoms with Crippen LogP contribution in [-0.2, 0) is 10.2 Å². The molecule has 12 heteroatoms. The largest absolute Gasteiger partial charge is 0.473 e. The molecule has 0 radical (unpaired) electrons. The van der Waals surface area contributed by atoms with E-state index in [2.05, 4.69) is 40.6 Å². The summed E-state index contributed by atoms with van der Waals surface area (Å²) in [5.41, 5.74) is 1.57. The zero-order valence-electron chi connectivity index (χ0n) is 21.2. The average molecular weight is 527 g/mol. The SMILES string of the molecule is [2H]C([2H])(C)C([2H])([2H])NS(=O)(=O)Nc1ncnc(OCCOc2ncc(C)cn2)c1-c1ccc(Br)cc1. The van der Waals surface area contributed by atoms with Gasteiger partial charge in [0.15, 0.2) is 5.82 Å². The Morgan fingerprint density at radius 3 is 2.44 bits per heavy atom. The lowest BCUT2D eigenvalue weighted by molar-refractivity contribution is 0.202. The van der Waals surface area contributed by atoms with Crippen LogP contribution in [0.5, 0.6) is 11.9 Å². The molecule has 0 saturated carbocycles. The molecule has 2 aromatic heterocycles. The lowest BCUT2D eigenvalue weighted by Crippen LogP contribution is -2.31. The Balaban J connectivity index is 1.86. The summed E-state index contributed by atoms with van der Waals surface area (Å²) in [4.78, 5) is 16.2. The van der Waals surface area contributed by atoms with Crippen LogP contribution in [0.3, 0.4) is 0 Å². The number of anilines is 1. The van der Waals surface area contributed by atoms with Crippen LogP contribution < -0.4 is 18.9 Å². The fraction of sp³-hybridized carbons (Fsp3) is 0.300. The van der Waals surface area contributed by atoms with E-state index >= 15 is 0 Å². The van der Waals surface area contributed by atoms with E-state index < -0.39 is 23.1 Å². The van der Waals surface area contributed by atoms with Gasteiger partial charge >= 0.3 is 6.01 Å². The monoisotopic (exact) mass is 526 g/mol. The second-order valence-corrected chi connectivity index (χ2v) is 8.56. The minimum atomic E-state index is -4.61. The Labute approximate surface area is 200 Å². The number of aryl methyl sites for hydroxylation is 1. The molecule has 0 unspecified atom stereocenters. The van der Waals surface area contributed by atoms with E-state index in [1.165, 1.54) is 0 Å². The molecule has 0 aliphatic rings. The Bertz CT molecular complexity index is 1290. The molecule has 0 bridgehead atoms. The van der Waals surface area contributed by atoms with Gasteiger partial charge in [0.25, 0.3) is 10.2 Å². The molecular weight excluding hydrogens is 500 g/mol. The summed E-state index contributed by atoms with van der Waals surface area (Å²) < 4.78 is 71.8. The van der Waals surface area contributed by atoms with Gasteiger partial charge in [-0.1, -0.05) is 35.0 Å². The molecule has 0 aliphatic carbocycles. The number of nitrogens with one attached hydrogen (secondary N) is 2. The quantitative estimate of drug-likeness (QED) is 0.364. The molecule has 0 fully saturated rings. The molecule has 170 valence electrons. The van der Waals surface area contributed by atoms with Crippen LogP contribution >= 0.6 is 15.9 Å². The lowest BCUT2D eigenvalue weighted by Gasteiger charge is -2.15. The predicted octanol–water partition coefficient (Wildman–Crippen LogP) is 3.12. The van der Waals surface area contributed by atoms with E-state index in [1.807, 2.05) is 6.92 Å². The fourth-order valence-electron chi connectivity index (χ4n) is 2.43. The topological polar surface area (TPSA) is 128 Å². The standard InChI is InChI=1S/C20H23BrN6O4S/c1-3-8-26-32(28,29)27-18-17(15-4-6-16(21)7-5-15)19(25-13-24-18)30-9-10-31-20-22-11-14(2)12-23-20/h4-7,11-13,26H,3,8-10H2,1-2H3,(H,24,25,27)/i3D2,8D2. The molecule has 0 saturated heterocycles. The van der Waals surface area contributed by atoms with E-state index in [0.717, 1.165) is 23.3 Å². The van der Waals surface area contributed by atoms with E-state index in [9.17, 15) is 8.42 Å². The second kappa shape index (κ2) is 11.2. The molecule has 0 aliphatic heterocycles. The fourth-order valence-corrected chi connectivity index (χ4v) is 3.39. The van der Waals surface area contributed by atoms with Gasteiger partial charge in [-0.25, -0.2) is 19.9 Å². The van der Waals surface area contributed by atoms with Crippen molar-refractivity contribution >= 4 is 32.0 Å². The van der Waals surface area contributed by atoms with Crippen molar-refractivity contribution in [3.05, 3.63) is 53.0 Å². The normalized spacial score (nSPS) is 14.0. The summed E-state index contributed by atoms with van der Waals surface area (Å²) >= 11 is 3.34. The van der Waals surface area contributed by atoms with Crippen LogP contribution in [0.4, 0.5) is 5.82 Å². The number of aromatic nitrogens is 4. The third-order valence-electron chi connectivity index (χ3n) is 3.80. The maximum atomic E-state index is 12.7. The van der Waals surface area contributed by atoms with Crippen molar-refractivity contribution in [1.29, 1.82) is 0 Å². The summed E-state index contributed by atoms with van der Waals surface area (Å²) in [6.07, 6.45) is 1.79. The molecular formula is C20H23BrN6O4S. The number of hydrogen-bond donors (Lipinski definition) is 2. The number of rotatable bonds is 11. The van der Waals surface area contributed by atoms with E-state index in [1.54, 1.807) is 41.4 Å². The first-order chi connectivity index (χ1) is 16.8. The first-order valence-electron chi connectivity index (χ1n) is 11.2. The Morgan fingerprint density at radius 2 is 1.75 bits per heavy atom. The van der Waals surface area contributed by atoms with Gasteiger partial charge in [-0.05, 0) is 36.6 Å². The van der Waals surface area contributed by atoms with E-state index in [4.69, 9.17) is 15.0 Å². The highest BCUT2D eigenvalue weighted by Gasteiger charge is 2.19. The molecule has 0 amide bonds. The van der Waals surface area contributed by atoms with Gasteiger partial charge in [-0.15, -0.1) is 0 Å². The Kier molecular flexibility index (Phi) is 6.53. The summed E-state index contributed by atoms with van der Waals surface area (Å²) in [6, 6.07) is 6.99. The third-order valence-corrected chi connectivity index (χ3v) is 5.16. The van der Waals surface area contributed by atoms with Gasteiger partial charge in [0, 0.05) is 28.8 Å². The van der Waals surface area contributed by atoms with Crippen LogP contribution in [0.25, 0.3) is 11.1 Å². The molecule has 2 heterocycles. The second-order valence-electron chi connectivity index (χ2n) is 6.23. The van der Waals surface area contributed by atoms with Crippen LogP contribution in [0, 0.1) is 6.92 Å². The highest BCUT2D eigenvalue weighted by atomic mass is 79.9. The van der Waals surface area contributed by atoms with Crippen LogP contribution in [-0.4, -0.2) is 48.1 Å². The van der Waals surface area contributed by atoms with Crippen molar-refractivity contribution in [1.82, 2.24) is 24.7 Å². The van der Waals surface area contributed by atoms with Crippen molar-refractivity contribution in [3.8, 4) is 23.0 Å². The van der Waals surface area contributed by atoms with Crippen molar-refractivity contribution in [2.75, 3.05) is 24.4 Å². The van der Waals surface area contributed by atoms with Crippen molar-refractivity contribution in [3.63, 3.8) is 0 Å². The van der Waals surface area contributed by atoms with Gasteiger partial charge in [0.2, 0.25) is 5.88 Å². The van der Waals surface area contributed by atoms with Gasteiger partial charge in [-0.3, -0.25) is 4.72 Å². The highest BCUT2D eigenvalue weighted by molar-refractivity contribution is 9.10. The molecule has 32 heavy (non-hydrogen) atoms. The highest BCUT2D eigenvalue weighted by Crippen LogP contribution is 2.34. The minimum Gasteiger partial charge on any atom is -0.473 e. The molecule has 0 spiro atoms. The van der Waals surface area contributed by atoms with Crippen molar-refractivity contribution < 1.29 is 23.4 Å². The third kappa shape index (κ3) is 6.84. The zero-order valence-corrected chi connectivity index (χ0v) is 19.6. The summed E-state index contributed by atoms with van der Waals surface area (Å²) in [5.74, 6) is -0.169. The zero-order chi connectivity index (χ0) is 26.6. The summed E-state index contributed by atoms with van der Waals surface area (Å²) in [5, 5.41) is 0. The molecule has 0 atom stereocenters. The molecule has 2 N–H and O–H groups in total. The first-order valence-corrected chi connectivity index (χ1v) is 11.5. The predicted molar refractivity (Wildman–Crippen MR) is 124 cm³/mol. The number of nitrogens with zero attached hydrogens (tertiary/aromatic N) is 4. The van der Waals surface area contributed by atoms with Gasteiger partial charge < -0.3 is 9.47 Å². The van der Waals surface area contributed by atoms with E-state index in [-0.39, 0.29) is 36.5 Å². The number of benzene rings is 1. The Morgan fingerprint density at radius 1 is 1.06 bits per heavy atom. The number of hydrogen-bond acceptors (Lipinski definition) is 8. The summed E-state index contributed by atoms with van der Waals surface area (Å²) in [6.45, 7) is -0.0525. The van der Waals surface area contributed by atoms with Gasteiger partial charge in [0.1, 0.15) is 19.5 Å². The number of halogens is 1.